The fourth-order valence-corrected chi connectivity index (χ4v) is 1.67. The highest BCUT2D eigenvalue weighted by Crippen LogP contribution is 2.19. The summed E-state index contributed by atoms with van der Waals surface area (Å²) in [6.45, 7) is 0. The molecule has 1 aromatic carbocycles. The van der Waals surface area contributed by atoms with Crippen LogP contribution in [0.3, 0.4) is 0 Å². The average molecular weight is 252 g/mol. The van der Waals surface area contributed by atoms with Crippen LogP contribution in [0.25, 0.3) is 0 Å². The summed E-state index contributed by atoms with van der Waals surface area (Å²) in [6.07, 6.45) is 1.43. The molecule has 0 aliphatic rings. The third-order valence-corrected chi connectivity index (χ3v) is 2.70. The Kier molecular flexibility index (Phi) is 3.44. The molecule has 2 rings (SSSR count). The smallest absolute Gasteiger partial charge is 0.276 e. The molecule has 0 bridgehead atoms. The molecule has 0 fully saturated rings. The molecule has 5 nitrogen and oxygen atoms in total. The lowest BCUT2D eigenvalue weighted by Crippen LogP contribution is -2.27. The maximum atomic E-state index is 12.2. The maximum Gasteiger partial charge on any atom is 0.276 e. The molecule has 0 aliphatic carbocycles. The Bertz CT molecular complexity index is 643. The van der Waals surface area contributed by atoms with E-state index in [-0.39, 0.29) is 11.6 Å². The van der Waals surface area contributed by atoms with Gasteiger partial charge in [0.1, 0.15) is 11.8 Å². The third-order valence-electron chi connectivity index (χ3n) is 2.70. The molecule has 1 aromatic heterocycles. The number of nitrogens with two attached hydrogens (primary N) is 1. The van der Waals surface area contributed by atoms with E-state index in [4.69, 9.17) is 11.0 Å². The van der Waals surface area contributed by atoms with E-state index < -0.39 is 0 Å². The number of carbonyl (C=O) groups excluding carboxylic acids is 1. The van der Waals surface area contributed by atoms with E-state index >= 15 is 0 Å². The number of anilines is 2. The van der Waals surface area contributed by atoms with E-state index in [1.165, 1.54) is 11.1 Å². The minimum atomic E-state index is -0.289. The van der Waals surface area contributed by atoms with Crippen LogP contribution in [0.1, 0.15) is 16.1 Å². The minimum Gasteiger partial charge on any atom is -0.397 e. The first-order valence-electron chi connectivity index (χ1n) is 5.62. The van der Waals surface area contributed by atoms with E-state index in [0.29, 0.717) is 16.9 Å². The monoisotopic (exact) mass is 252 g/mol. The first-order chi connectivity index (χ1) is 9.13. The Labute approximate surface area is 110 Å². The van der Waals surface area contributed by atoms with Gasteiger partial charge in [-0.1, -0.05) is 12.1 Å². The van der Waals surface area contributed by atoms with Crippen molar-refractivity contribution in [1.29, 1.82) is 5.26 Å². The molecule has 0 radical (unpaired) electrons. The molecule has 5 heteroatoms. The van der Waals surface area contributed by atoms with Crippen LogP contribution in [0.5, 0.6) is 0 Å². The Morgan fingerprint density at radius 1 is 1.32 bits per heavy atom. The van der Waals surface area contributed by atoms with E-state index in [9.17, 15) is 4.79 Å². The van der Waals surface area contributed by atoms with E-state index in [2.05, 4.69) is 11.1 Å². The van der Waals surface area contributed by atoms with Crippen LogP contribution >= 0.6 is 0 Å². The number of hydrogen-bond acceptors (Lipinski definition) is 4. The number of rotatable bonds is 2. The van der Waals surface area contributed by atoms with Gasteiger partial charge in [0, 0.05) is 7.05 Å². The third kappa shape index (κ3) is 2.53. The molecule has 19 heavy (non-hydrogen) atoms. The number of benzene rings is 1. The van der Waals surface area contributed by atoms with Crippen LogP contribution in [-0.4, -0.2) is 17.9 Å². The summed E-state index contributed by atoms with van der Waals surface area (Å²) >= 11 is 0. The summed E-state index contributed by atoms with van der Waals surface area (Å²) in [4.78, 5) is 17.6. The van der Waals surface area contributed by atoms with Gasteiger partial charge in [-0.3, -0.25) is 4.79 Å². The fraction of sp³-hybridized carbons (Fsp3) is 0.0714. The highest BCUT2D eigenvalue weighted by molar-refractivity contribution is 6.05. The van der Waals surface area contributed by atoms with Gasteiger partial charge in [-0.05, 0) is 24.3 Å². The number of nitriles is 1. The molecule has 1 heterocycles. The van der Waals surface area contributed by atoms with E-state index in [1.807, 2.05) is 0 Å². The van der Waals surface area contributed by atoms with Gasteiger partial charge < -0.3 is 10.6 Å². The normalized spacial score (nSPS) is 9.68. The number of amides is 1. The molecule has 2 N–H and O–H groups in total. The van der Waals surface area contributed by atoms with Gasteiger partial charge >= 0.3 is 0 Å². The molecule has 0 unspecified atom stereocenters. The van der Waals surface area contributed by atoms with Crippen molar-refractivity contribution in [3.8, 4) is 6.07 Å². The van der Waals surface area contributed by atoms with Crippen LogP contribution < -0.4 is 10.6 Å². The van der Waals surface area contributed by atoms with Crippen molar-refractivity contribution in [3.05, 3.63) is 53.9 Å². The molecular weight excluding hydrogens is 240 g/mol. The lowest BCUT2D eigenvalue weighted by molar-refractivity contribution is 0.0988. The Morgan fingerprint density at radius 2 is 2.05 bits per heavy atom. The zero-order valence-corrected chi connectivity index (χ0v) is 10.4. The Balaban J connectivity index is 2.34. The summed E-state index contributed by atoms with van der Waals surface area (Å²) in [5.41, 5.74) is 7.30. The van der Waals surface area contributed by atoms with Crippen molar-refractivity contribution < 1.29 is 4.79 Å². The number of nitrogen functional groups attached to an aromatic ring is 1. The predicted octanol–water partition coefficient (Wildman–Crippen LogP) is 1.81. The second-order valence-corrected chi connectivity index (χ2v) is 3.97. The van der Waals surface area contributed by atoms with Gasteiger partial charge in [0.05, 0.1) is 23.1 Å². The van der Waals surface area contributed by atoms with Crippen LogP contribution in [-0.2, 0) is 0 Å². The zero-order valence-electron chi connectivity index (χ0n) is 10.4. The number of hydrogen-bond donors (Lipinski definition) is 1. The van der Waals surface area contributed by atoms with Crippen LogP contribution in [0.2, 0.25) is 0 Å². The minimum absolute atomic E-state index is 0.282. The number of aromatic nitrogens is 1. The molecule has 1 amide bonds. The second kappa shape index (κ2) is 5.19. The molecule has 0 atom stereocenters. The summed E-state index contributed by atoms with van der Waals surface area (Å²) in [5, 5.41) is 9.04. The quantitative estimate of drug-likeness (QED) is 0.883. The van der Waals surface area contributed by atoms with Gasteiger partial charge in [0.25, 0.3) is 5.91 Å². The van der Waals surface area contributed by atoms with Crippen molar-refractivity contribution in [3.63, 3.8) is 0 Å². The van der Waals surface area contributed by atoms with Gasteiger partial charge in [-0.2, -0.15) is 5.26 Å². The predicted molar refractivity (Wildman–Crippen MR) is 72.5 cm³/mol. The summed E-state index contributed by atoms with van der Waals surface area (Å²) in [5.74, 6) is -0.289. The van der Waals surface area contributed by atoms with Gasteiger partial charge in [0.2, 0.25) is 0 Å². The molecule has 94 valence electrons. The van der Waals surface area contributed by atoms with Crippen molar-refractivity contribution >= 4 is 17.3 Å². The van der Waals surface area contributed by atoms with Gasteiger partial charge in [0.15, 0.2) is 0 Å². The van der Waals surface area contributed by atoms with Crippen molar-refractivity contribution in [1.82, 2.24) is 4.98 Å². The molecule has 2 aromatic rings. The maximum absolute atomic E-state index is 12.2. The number of carbonyl (C=O) groups is 1. The number of para-hydroxylation sites is 1. The van der Waals surface area contributed by atoms with Crippen LogP contribution in [0, 0.1) is 11.3 Å². The van der Waals surface area contributed by atoms with Crippen molar-refractivity contribution in [2.24, 2.45) is 0 Å². The average Bonchev–Trinajstić information content (AvgIpc) is 2.46. The lowest BCUT2D eigenvalue weighted by Gasteiger charge is -2.17. The Morgan fingerprint density at radius 3 is 2.68 bits per heavy atom. The lowest BCUT2D eigenvalue weighted by atomic mass is 10.1. The highest BCUT2D eigenvalue weighted by atomic mass is 16.2. The SMILES string of the molecule is CN(C(=O)c1ccc(N)cn1)c1ccccc1C#N. The van der Waals surface area contributed by atoms with E-state index in [0.717, 1.165) is 0 Å². The van der Waals surface area contributed by atoms with Crippen LogP contribution in [0.4, 0.5) is 11.4 Å². The van der Waals surface area contributed by atoms with Crippen molar-refractivity contribution in [2.45, 2.75) is 0 Å². The van der Waals surface area contributed by atoms with Crippen LogP contribution in [0.15, 0.2) is 42.6 Å². The zero-order chi connectivity index (χ0) is 13.8. The van der Waals surface area contributed by atoms with Crippen molar-refractivity contribution in [2.75, 3.05) is 17.7 Å². The van der Waals surface area contributed by atoms with Gasteiger partial charge in [-0.25, -0.2) is 4.98 Å². The first-order valence-corrected chi connectivity index (χ1v) is 5.62. The molecule has 0 aliphatic heterocycles. The Hall–Kier alpha value is -2.87. The standard InChI is InChI=1S/C14H12N4O/c1-18(13-5-3-2-4-10(13)8-15)14(19)12-7-6-11(16)9-17-12/h2-7,9H,16H2,1H3. The summed E-state index contributed by atoms with van der Waals surface area (Å²) < 4.78 is 0. The van der Waals surface area contributed by atoms with E-state index in [1.54, 1.807) is 43.4 Å². The topological polar surface area (TPSA) is 83.0 Å². The summed E-state index contributed by atoms with van der Waals surface area (Å²) in [7, 11) is 1.61. The molecule has 0 spiro atoms. The highest BCUT2D eigenvalue weighted by Gasteiger charge is 2.16. The number of pyridine rings is 1. The fourth-order valence-electron chi connectivity index (χ4n) is 1.67. The first kappa shape index (κ1) is 12.6. The molecule has 0 saturated heterocycles. The molecule has 0 saturated carbocycles. The second-order valence-electron chi connectivity index (χ2n) is 3.97. The molecular formula is C14H12N4O. The van der Waals surface area contributed by atoms with Gasteiger partial charge in [-0.15, -0.1) is 0 Å². The summed E-state index contributed by atoms with van der Waals surface area (Å²) in [6, 6.07) is 12.1. The largest absolute Gasteiger partial charge is 0.397 e. The number of nitrogens with zero attached hydrogens (tertiary/aromatic N) is 3.